The normalized spacial score (nSPS) is 12.2. The van der Waals surface area contributed by atoms with Crippen molar-refractivity contribution in [3.05, 3.63) is 65.2 Å². The van der Waals surface area contributed by atoms with E-state index in [9.17, 15) is 9.59 Å². The Hall–Kier alpha value is -2.82. The molecule has 0 aliphatic heterocycles. The average Bonchev–Trinajstić information content (AvgIpc) is 2.56. The Kier molecular flexibility index (Phi) is 6.61. The molecule has 0 saturated carbocycles. The van der Waals surface area contributed by atoms with Gasteiger partial charge in [0.05, 0.1) is 0 Å². The van der Waals surface area contributed by atoms with Crippen molar-refractivity contribution in [1.29, 1.82) is 0 Å². The van der Waals surface area contributed by atoms with E-state index in [1.807, 2.05) is 62.4 Å². The van der Waals surface area contributed by atoms with Crippen molar-refractivity contribution < 1.29 is 14.3 Å². The molecular formula is C22H28N2O3. The van der Waals surface area contributed by atoms with Crippen LogP contribution in [0.5, 0.6) is 0 Å². The van der Waals surface area contributed by atoms with Crippen molar-refractivity contribution in [3.8, 4) is 0 Å². The Balaban J connectivity index is 2.16. The van der Waals surface area contributed by atoms with Crippen LogP contribution in [0.4, 0.5) is 10.5 Å². The third-order valence-electron chi connectivity index (χ3n) is 3.93. The van der Waals surface area contributed by atoms with E-state index in [2.05, 4.69) is 10.6 Å². The monoisotopic (exact) mass is 368 g/mol. The minimum absolute atomic E-state index is 0.281. The molecule has 144 valence electrons. The zero-order valence-electron chi connectivity index (χ0n) is 16.6. The summed E-state index contributed by atoms with van der Waals surface area (Å²) in [7, 11) is 0. The molecule has 0 fully saturated rings. The van der Waals surface area contributed by atoms with Gasteiger partial charge in [-0.05, 0) is 51.8 Å². The summed E-state index contributed by atoms with van der Waals surface area (Å²) in [5.41, 5.74) is 3.15. The Bertz CT molecular complexity index is 795. The summed E-state index contributed by atoms with van der Waals surface area (Å²) in [6.07, 6.45) is -0.240. The van der Waals surface area contributed by atoms with Crippen molar-refractivity contribution >= 4 is 17.7 Å². The first kappa shape index (κ1) is 20.5. The van der Waals surface area contributed by atoms with Gasteiger partial charge in [0.1, 0.15) is 11.6 Å². The molecule has 0 spiro atoms. The van der Waals surface area contributed by atoms with Crippen LogP contribution in [0.3, 0.4) is 0 Å². The van der Waals surface area contributed by atoms with Gasteiger partial charge in [-0.3, -0.25) is 4.79 Å². The molecule has 2 rings (SSSR count). The highest BCUT2D eigenvalue weighted by Crippen LogP contribution is 2.17. The van der Waals surface area contributed by atoms with Crippen LogP contribution < -0.4 is 10.6 Å². The van der Waals surface area contributed by atoms with Crippen LogP contribution in [0, 0.1) is 13.8 Å². The van der Waals surface area contributed by atoms with E-state index in [1.54, 1.807) is 20.8 Å². The highest BCUT2D eigenvalue weighted by atomic mass is 16.6. The van der Waals surface area contributed by atoms with E-state index in [0.29, 0.717) is 6.42 Å². The summed E-state index contributed by atoms with van der Waals surface area (Å²) in [6.45, 7) is 9.30. The fraction of sp³-hybridized carbons (Fsp3) is 0.364. The van der Waals surface area contributed by atoms with Crippen LogP contribution in [-0.2, 0) is 16.0 Å². The lowest BCUT2D eigenvalue weighted by molar-refractivity contribution is -0.118. The second-order valence-corrected chi connectivity index (χ2v) is 7.70. The van der Waals surface area contributed by atoms with Crippen LogP contribution >= 0.6 is 0 Å². The Morgan fingerprint density at radius 2 is 1.70 bits per heavy atom. The summed E-state index contributed by atoms with van der Waals surface area (Å²) in [6, 6.07) is 14.6. The number of hydrogen-bond donors (Lipinski definition) is 2. The molecule has 5 nitrogen and oxygen atoms in total. The molecule has 2 amide bonds. The predicted octanol–water partition coefficient (Wildman–Crippen LogP) is 4.38. The number of anilines is 1. The van der Waals surface area contributed by atoms with E-state index >= 15 is 0 Å². The Morgan fingerprint density at radius 3 is 2.30 bits per heavy atom. The number of hydrogen-bond acceptors (Lipinski definition) is 3. The number of nitrogens with one attached hydrogen (secondary N) is 2. The van der Waals surface area contributed by atoms with Gasteiger partial charge in [-0.1, -0.05) is 48.0 Å². The molecule has 2 N–H and O–H groups in total. The van der Waals surface area contributed by atoms with Crippen LogP contribution in [0.15, 0.2) is 48.5 Å². The van der Waals surface area contributed by atoms with Crippen molar-refractivity contribution in [2.24, 2.45) is 0 Å². The standard InChI is InChI=1S/C22H28N2O3/c1-15-11-12-18(16(2)13-15)23-20(25)19(14-17-9-7-6-8-10-17)24-21(26)27-22(3,4)5/h6-13,19H,14H2,1-5H3,(H,23,25)(H,24,26)/t19-/m0/s1. The average molecular weight is 368 g/mol. The third kappa shape index (κ3) is 6.77. The lowest BCUT2D eigenvalue weighted by Gasteiger charge is -2.23. The summed E-state index contributed by atoms with van der Waals surface area (Å²) < 4.78 is 5.32. The van der Waals surface area contributed by atoms with Crippen molar-refractivity contribution in [2.45, 2.75) is 52.7 Å². The molecule has 0 heterocycles. The minimum Gasteiger partial charge on any atom is -0.444 e. The highest BCUT2D eigenvalue weighted by molar-refractivity contribution is 5.97. The molecule has 0 aliphatic rings. The van der Waals surface area contributed by atoms with Crippen molar-refractivity contribution in [1.82, 2.24) is 5.32 Å². The number of rotatable bonds is 5. The quantitative estimate of drug-likeness (QED) is 0.823. The van der Waals surface area contributed by atoms with Gasteiger partial charge in [-0.2, -0.15) is 0 Å². The van der Waals surface area contributed by atoms with Gasteiger partial charge in [-0.25, -0.2) is 4.79 Å². The fourth-order valence-electron chi connectivity index (χ4n) is 2.68. The minimum atomic E-state index is -0.747. The van der Waals surface area contributed by atoms with Crippen molar-refractivity contribution in [3.63, 3.8) is 0 Å². The molecule has 1 atom stereocenters. The van der Waals surface area contributed by atoms with Crippen LogP contribution in [0.2, 0.25) is 0 Å². The van der Waals surface area contributed by atoms with Gasteiger partial charge >= 0.3 is 6.09 Å². The number of carbonyl (C=O) groups excluding carboxylic acids is 2. The van der Waals surface area contributed by atoms with E-state index in [0.717, 1.165) is 22.4 Å². The SMILES string of the molecule is Cc1ccc(NC(=O)[C@H](Cc2ccccc2)NC(=O)OC(C)(C)C)c(C)c1. The first-order chi connectivity index (χ1) is 12.6. The van der Waals surface area contributed by atoms with Crippen LogP contribution in [-0.4, -0.2) is 23.6 Å². The molecule has 0 saturated heterocycles. The highest BCUT2D eigenvalue weighted by Gasteiger charge is 2.25. The second-order valence-electron chi connectivity index (χ2n) is 7.70. The Morgan fingerprint density at radius 1 is 1.04 bits per heavy atom. The first-order valence-corrected chi connectivity index (χ1v) is 9.05. The fourth-order valence-corrected chi connectivity index (χ4v) is 2.68. The third-order valence-corrected chi connectivity index (χ3v) is 3.93. The van der Waals surface area contributed by atoms with Gasteiger partial charge in [0, 0.05) is 12.1 Å². The van der Waals surface area contributed by atoms with Gasteiger partial charge in [0.15, 0.2) is 0 Å². The molecule has 2 aromatic carbocycles. The van der Waals surface area contributed by atoms with Crippen LogP contribution in [0.25, 0.3) is 0 Å². The maximum absolute atomic E-state index is 12.9. The van der Waals surface area contributed by atoms with Crippen molar-refractivity contribution in [2.75, 3.05) is 5.32 Å². The molecule has 0 unspecified atom stereocenters. The lowest BCUT2D eigenvalue weighted by Crippen LogP contribution is -2.47. The number of ether oxygens (including phenoxy) is 1. The maximum Gasteiger partial charge on any atom is 0.408 e. The molecule has 2 aromatic rings. The molecule has 0 radical (unpaired) electrons. The maximum atomic E-state index is 12.9. The van der Waals surface area contributed by atoms with Gasteiger partial charge in [0.25, 0.3) is 0 Å². The molecule has 0 aliphatic carbocycles. The Labute approximate surface area is 161 Å². The number of aryl methyl sites for hydroxylation is 2. The second kappa shape index (κ2) is 8.71. The summed E-state index contributed by atoms with van der Waals surface area (Å²) >= 11 is 0. The number of alkyl carbamates (subject to hydrolysis) is 1. The lowest BCUT2D eigenvalue weighted by atomic mass is 10.0. The van der Waals surface area contributed by atoms with Gasteiger partial charge in [-0.15, -0.1) is 0 Å². The predicted molar refractivity (Wildman–Crippen MR) is 108 cm³/mol. The topological polar surface area (TPSA) is 67.4 Å². The summed E-state index contributed by atoms with van der Waals surface area (Å²) in [5.74, 6) is -0.281. The number of benzene rings is 2. The molecule has 5 heteroatoms. The zero-order chi connectivity index (χ0) is 20.0. The largest absolute Gasteiger partial charge is 0.444 e. The molecular weight excluding hydrogens is 340 g/mol. The first-order valence-electron chi connectivity index (χ1n) is 9.05. The summed E-state index contributed by atoms with van der Waals surface area (Å²) in [5, 5.41) is 5.62. The van der Waals surface area contributed by atoms with Gasteiger partial charge in [0.2, 0.25) is 5.91 Å². The van der Waals surface area contributed by atoms with Gasteiger partial charge < -0.3 is 15.4 Å². The van der Waals surface area contributed by atoms with E-state index in [-0.39, 0.29) is 5.91 Å². The van der Waals surface area contributed by atoms with E-state index in [4.69, 9.17) is 4.74 Å². The summed E-state index contributed by atoms with van der Waals surface area (Å²) in [4.78, 5) is 25.1. The van der Waals surface area contributed by atoms with E-state index in [1.165, 1.54) is 0 Å². The molecule has 0 bridgehead atoms. The number of carbonyl (C=O) groups is 2. The molecule has 27 heavy (non-hydrogen) atoms. The smallest absolute Gasteiger partial charge is 0.408 e. The molecule has 0 aromatic heterocycles. The van der Waals surface area contributed by atoms with E-state index < -0.39 is 17.7 Å². The van der Waals surface area contributed by atoms with Crippen LogP contribution in [0.1, 0.15) is 37.5 Å². The number of amides is 2. The zero-order valence-corrected chi connectivity index (χ0v) is 16.6.